The molecule has 1 rings (SSSR count). The zero-order valence-electron chi connectivity index (χ0n) is 10.0. The summed E-state index contributed by atoms with van der Waals surface area (Å²) < 4.78 is 0. The highest BCUT2D eigenvalue weighted by Gasteiger charge is 2.16. The summed E-state index contributed by atoms with van der Waals surface area (Å²) in [7, 11) is 3.60. The van der Waals surface area contributed by atoms with Gasteiger partial charge in [-0.1, -0.05) is 12.1 Å². The number of thiocarbonyl (C=S) groups is 1. The second-order valence-corrected chi connectivity index (χ2v) is 4.08. The van der Waals surface area contributed by atoms with Gasteiger partial charge in [-0.15, -0.1) is 0 Å². The fourth-order valence-corrected chi connectivity index (χ4v) is 1.63. The van der Waals surface area contributed by atoms with Crippen LogP contribution in [0, 0.1) is 10.1 Å². The van der Waals surface area contributed by atoms with E-state index in [1.54, 1.807) is 19.2 Å². The van der Waals surface area contributed by atoms with E-state index in [9.17, 15) is 10.1 Å². The summed E-state index contributed by atoms with van der Waals surface area (Å²) in [4.78, 5) is 12.1. The smallest absolute Gasteiger partial charge is 0.269 e. The summed E-state index contributed by atoms with van der Waals surface area (Å²) in [5, 5.41) is 14.2. The summed E-state index contributed by atoms with van der Waals surface area (Å²) in [6, 6.07) is 6.56. The molecule has 0 aliphatic rings. The highest BCUT2D eigenvalue weighted by Crippen LogP contribution is 2.22. The number of rotatable bonds is 3. The lowest BCUT2D eigenvalue weighted by molar-refractivity contribution is -0.384. The summed E-state index contributed by atoms with van der Waals surface area (Å²) in [5.74, 6) is 0. The third kappa shape index (κ3) is 3.13. The van der Waals surface area contributed by atoms with Gasteiger partial charge in [-0.25, -0.2) is 0 Å². The molecule has 0 aromatic heterocycles. The molecule has 0 unspecified atom stereocenters. The molecule has 6 heteroatoms. The molecular formula is C11H15N3O2S. The Kier molecular flexibility index (Phi) is 4.39. The lowest BCUT2D eigenvalue weighted by atomic mass is 10.1. The van der Waals surface area contributed by atoms with Gasteiger partial charge in [0, 0.05) is 26.2 Å². The minimum absolute atomic E-state index is 0.0187. The zero-order valence-corrected chi connectivity index (χ0v) is 10.8. The van der Waals surface area contributed by atoms with Gasteiger partial charge in [-0.3, -0.25) is 10.1 Å². The number of benzene rings is 1. The van der Waals surface area contributed by atoms with Gasteiger partial charge in [0.05, 0.1) is 11.0 Å². The van der Waals surface area contributed by atoms with Gasteiger partial charge >= 0.3 is 0 Å². The Bertz CT molecular complexity index is 436. The first-order chi connectivity index (χ1) is 7.97. The molecule has 0 saturated carbocycles. The molecule has 0 aliphatic heterocycles. The molecule has 92 valence electrons. The first kappa shape index (κ1) is 13.4. The van der Waals surface area contributed by atoms with Crippen molar-refractivity contribution < 1.29 is 4.92 Å². The molecule has 0 saturated heterocycles. The maximum atomic E-state index is 10.7. The Balaban J connectivity index is 2.96. The van der Waals surface area contributed by atoms with Gasteiger partial charge < -0.3 is 10.2 Å². The summed E-state index contributed by atoms with van der Waals surface area (Å²) in [5.41, 5.74) is 0.956. The van der Waals surface area contributed by atoms with E-state index in [0.717, 1.165) is 5.56 Å². The number of nitro benzene ring substituents is 1. The summed E-state index contributed by atoms with van der Waals surface area (Å²) in [6.45, 7) is 1.95. The normalized spacial score (nSPS) is 11.7. The average Bonchev–Trinajstić information content (AvgIpc) is 2.36. The third-order valence-corrected chi connectivity index (χ3v) is 3.17. The van der Waals surface area contributed by atoms with Crippen molar-refractivity contribution in [3.8, 4) is 0 Å². The van der Waals surface area contributed by atoms with Crippen LogP contribution in [-0.2, 0) is 0 Å². The maximum Gasteiger partial charge on any atom is 0.269 e. The SMILES string of the molecule is CNC(=S)N(C)[C@H](C)c1cccc([N+](=O)[O-])c1. The molecule has 0 heterocycles. The quantitative estimate of drug-likeness (QED) is 0.508. The van der Waals surface area contributed by atoms with E-state index < -0.39 is 4.92 Å². The van der Waals surface area contributed by atoms with Crippen molar-refractivity contribution in [2.45, 2.75) is 13.0 Å². The monoisotopic (exact) mass is 253 g/mol. The van der Waals surface area contributed by atoms with Gasteiger partial charge in [0.25, 0.3) is 5.69 Å². The van der Waals surface area contributed by atoms with Crippen LogP contribution in [0.25, 0.3) is 0 Å². The minimum Gasteiger partial charge on any atom is -0.366 e. The molecule has 0 bridgehead atoms. The molecule has 1 aromatic rings. The highest BCUT2D eigenvalue weighted by molar-refractivity contribution is 7.80. The maximum absolute atomic E-state index is 10.7. The van der Waals surface area contributed by atoms with Crippen molar-refractivity contribution in [3.05, 3.63) is 39.9 Å². The summed E-state index contributed by atoms with van der Waals surface area (Å²) >= 11 is 5.12. The molecule has 0 amide bonds. The largest absolute Gasteiger partial charge is 0.366 e. The standard InChI is InChI=1S/C11H15N3O2S/c1-8(13(3)11(17)12-2)9-5-4-6-10(7-9)14(15)16/h4-8H,1-3H3,(H,12,17)/t8-/m1/s1. The van der Waals surface area contributed by atoms with Gasteiger partial charge in [0.2, 0.25) is 0 Å². The van der Waals surface area contributed by atoms with E-state index in [-0.39, 0.29) is 11.7 Å². The highest BCUT2D eigenvalue weighted by atomic mass is 32.1. The molecule has 1 atom stereocenters. The van der Waals surface area contributed by atoms with Crippen molar-refractivity contribution in [1.82, 2.24) is 10.2 Å². The molecule has 0 aliphatic carbocycles. The van der Waals surface area contributed by atoms with E-state index in [1.165, 1.54) is 6.07 Å². The van der Waals surface area contributed by atoms with Crippen LogP contribution in [0.5, 0.6) is 0 Å². The molecule has 5 nitrogen and oxygen atoms in total. The van der Waals surface area contributed by atoms with E-state index in [1.807, 2.05) is 24.9 Å². The Morgan fingerprint density at radius 3 is 2.76 bits per heavy atom. The van der Waals surface area contributed by atoms with Gasteiger partial charge in [-0.2, -0.15) is 0 Å². The third-order valence-electron chi connectivity index (χ3n) is 2.68. The predicted octanol–water partition coefficient (Wildman–Crippen LogP) is 2.09. The number of nitro groups is 1. The second-order valence-electron chi connectivity index (χ2n) is 3.69. The Morgan fingerprint density at radius 1 is 1.59 bits per heavy atom. The van der Waals surface area contributed by atoms with Crippen LogP contribution in [0.1, 0.15) is 18.5 Å². The van der Waals surface area contributed by atoms with Gasteiger partial charge in [-0.05, 0) is 24.7 Å². The Hall–Kier alpha value is -1.69. The topological polar surface area (TPSA) is 58.4 Å². The summed E-state index contributed by atoms with van der Waals surface area (Å²) in [6.07, 6.45) is 0. The van der Waals surface area contributed by atoms with E-state index >= 15 is 0 Å². The first-order valence-electron chi connectivity index (χ1n) is 5.16. The van der Waals surface area contributed by atoms with Crippen LogP contribution in [0.2, 0.25) is 0 Å². The molecule has 0 radical (unpaired) electrons. The number of nitrogens with zero attached hydrogens (tertiary/aromatic N) is 2. The van der Waals surface area contributed by atoms with E-state index in [2.05, 4.69) is 5.32 Å². The fraction of sp³-hybridized carbons (Fsp3) is 0.364. The molecule has 1 N–H and O–H groups in total. The Morgan fingerprint density at radius 2 is 2.24 bits per heavy atom. The molecule has 1 aromatic carbocycles. The molecular weight excluding hydrogens is 238 g/mol. The van der Waals surface area contributed by atoms with Crippen molar-refractivity contribution in [1.29, 1.82) is 0 Å². The first-order valence-corrected chi connectivity index (χ1v) is 5.57. The lowest BCUT2D eigenvalue weighted by Gasteiger charge is -2.27. The number of hydrogen-bond donors (Lipinski definition) is 1. The van der Waals surface area contributed by atoms with Crippen molar-refractivity contribution in [2.24, 2.45) is 0 Å². The zero-order chi connectivity index (χ0) is 13.0. The van der Waals surface area contributed by atoms with Gasteiger partial charge in [0.1, 0.15) is 0 Å². The Labute approximate surface area is 106 Å². The molecule has 17 heavy (non-hydrogen) atoms. The van der Waals surface area contributed by atoms with E-state index in [4.69, 9.17) is 12.2 Å². The number of nitrogens with one attached hydrogen (secondary N) is 1. The lowest BCUT2D eigenvalue weighted by Crippen LogP contribution is -2.36. The average molecular weight is 253 g/mol. The molecule has 0 spiro atoms. The predicted molar refractivity (Wildman–Crippen MR) is 70.9 cm³/mol. The fourth-order valence-electron chi connectivity index (χ4n) is 1.47. The van der Waals surface area contributed by atoms with Crippen LogP contribution < -0.4 is 5.32 Å². The van der Waals surface area contributed by atoms with Crippen molar-refractivity contribution >= 4 is 23.0 Å². The minimum atomic E-state index is -0.396. The second kappa shape index (κ2) is 5.58. The van der Waals surface area contributed by atoms with Crippen LogP contribution in [0.4, 0.5) is 5.69 Å². The van der Waals surface area contributed by atoms with Crippen LogP contribution in [0.15, 0.2) is 24.3 Å². The van der Waals surface area contributed by atoms with Crippen LogP contribution in [0.3, 0.4) is 0 Å². The van der Waals surface area contributed by atoms with E-state index in [0.29, 0.717) is 5.11 Å². The van der Waals surface area contributed by atoms with Crippen LogP contribution >= 0.6 is 12.2 Å². The van der Waals surface area contributed by atoms with Crippen LogP contribution in [-0.4, -0.2) is 29.0 Å². The van der Waals surface area contributed by atoms with Gasteiger partial charge in [0.15, 0.2) is 5.11 Å². The van der Waals surface area contributed by atoms with Crippen molar-refractivity contribution in [3.63, 3.8) is 0 Å². The number of hydrogen-bond acceptors (Lipinski definition) is 3. The van der Waals surface area contributed by atoms with Crippen molar-refractivity contribution in [2.75, 3.05) is 14.1 Å². The number of non-ortho nitro benzene ring substituents is 1. The molecule has 0 fully saturated rings.